The molecule has 3 N–H and O–H groups in total. The van der Waals surface area contributed by atoms with Crippen molar-refractivity contribution in [1.82, 2.24) is 5.32 Å². The second kappa shape index (κ2) is 50.3. The molecule has 6 heteroatoms. The molecule has 0 aliphatic heterocycles. The van der Waals surface area contributed by atoms with E-state index in [-0.39, 0.29) is 24.9 Å². The van der Waals surface area contributed by atoms with E-state index in [1.165, 1.54) is 199 Å². The van der Waals surface area contributed by atoms with Crippen molar-refractivity contribution in [3.05, 3.63) is 24.3 Å². The Morgan fingerprint density at radius 2 is 0.823 bits per heavy atom. The first-order chi connectivity index (χ1) is 30.5. The minimum absolute atomic E-state index is 0.0811. The lowest BCUT2D eigenvalue weighted by molar-refractivity contribution is -0.151. The molecule has 0 aromatic rings. The van der Waals surface area contributed by atoms with Crippen molar-refractivity contribution in [2.24, 2.45) is 0 Å². The molecule has 0 aliphatic carbocycles. The molecule has 0 spiro atoms. The molecule has 0 rings (SSSR count). The van der Waals surface area contributed by atoms with Gasteiger partial charge >= 0.3 is 5.97 Å². The van der Waals surface area contributed by atoms with Crippen molar-refractivity contribution in [3.63, 3.8) is 0 Å². The summed E-state index contributed by atoms with van der Waals surface area (Å²) in [6, 6.07) is -0.697. The number of esters is 1. The van der Waals surface area contributed by atoms with Crippen LogP contribution < -0.4 is 5.32 Å². The second-order valence-corrected chi connectivity index (χ2v) is 19.0. The van der Waals surface area contributed by atoms with Crippen LogP contribution >= 0.6 is 0 Å². The molecule has 1 amide bonds. The number of ether oxygens (including phenoxy) is 1. The van der Waals surface area contributed by atoms with Crippen molar-refractivity contribution in [2.75, 3.05) is 6.61 Å². The number of rotatable bonds is 50. The van der Waals surface area contributed by atoms with E-state index in [0.717, 1.165) is 51.4 Å². The summed E-state index contributed by atoms with van der Waals surface area (Å²) in [5.74, 6) is -0.464. The van der Waals surface area contributed by atoms with E-state index in [1.807, 2.05) is 0 Å². The van der Waals surface area contributed by atoms with Crippen molar-refractivity contribution in [3.8, 4) is 0 Å². The monoisotopic (exact) mass is 874 g/mol. The predicted molar refractivity (Wildman–Crippen MR) is 269 cm³/mol. The molecule has 0 aliphatic rings. The largest absolute Gasteiger partial charge is 0.462 e. The Labute approximate surface area is 386 Å². The number of amides is 1. The molecule has 0 heterocycles. The van der Waals surface area contributed by atoms with Gasteiger partial charge in [-0.05, 0) is 57.8 Å². The smallest absolute Gasteiger partial charge is 0.306 e. The quantitative estimate of drug-likeness (QED) is 0.0321. The Morgan fingerprint density at radius 3 is 1.26 bits per heavy atom. The van der Waals surface area contributed by atoms with Crippen LogP contribution in [0, 0.1) is 0 Å². The molecule has 0 aromatic carbocycles. The standard InChI is InChI=1S/C56H107NO5/c1-4-7-10-13-16-19-21-23-25-26-27-28-30-32-34-37-40-43-46-49-56(61)62-52(47-44-41-38-35-18-15-12-9-6-3)50-55(60)57-53(51-58)54(59)48-45-42-39-36-33-31-29-24-22-20-17-14-11-8-5-2/h16,19,23,25,52-54,58-59H,4-15,17-18,20-22,24,26-51H2,1-3H3,(H,57,60)/b19-16-,25-23-. The molecule has 366 valence electrons. The zero-order chi connectivity index (χ0) is 45.2. The van der Waals surface area contributed by atoms with E-state index < -0.39 is 18.2 Å². The first-order valence-electron chi connectivity index (χ1n) is 27.6. The minimum atomic E-state index is -0.783. The Kier molecular flexibility index (Phi) is 49.0. The highest BCUT2D eigenvalue weighted by atomic mass is 16.5. The molecule has 0 radical (unpaired) electrons. The second-order valence-electron chi connectivity index (χ2n) is 19.0. The van der Waals surface area contributed by atoms with Gasteiger partial charge in [0.15, 0.2) is 0 Å². The molecule has 6 nitrogen and oxygen atoms in total. The van der Waals surface area contributed by atoms with Gasteiger partial charge in [-0.3, -0.25) is 9.59 Å². The topological polar surface area (TPSA) is 95.9 Å². The summed E-state index contributed by atoms with van der Waals surface area (Å²) in [6.45, 7) is 6.47. The fourth-order valence-electron chi connectivity index (χ4n) is 8.58. The average molecular weight is 874 g/mol. The van der Waals surface area contributed by atoms with Crippen LogP contribution in [0.25, 0.3) is 0 Å². The van der Waals surface area contributed by atoms with Crippen molar-refractivity contribution in [2.45, 2.75) is 315 Å². The highest BCUT2D eigenvalue weighted by Gasteiger charge is 2.24. The van der Waals surface area contributed by atoms with E-state index in [2.05, 4.69) is 50.4 Å². The average Bonchev–Trinajstić information content (AvgIpc) is 3.26. The maximum absolute atomic E-state index is 13.2. The number of carbonyl (C=O) groups excluding carboxylic acids is 2. The van der Waals surface area contributed by atoms with Gasteiger partial charge in [0.05, 0.1) is 25.2 Å². The number of aliphatic hydroxyl groups is 2. The predicted octanol–water partition coefficient (Wildman–Crippen LogP) is 16.7. The molecular weight excluding hydrogens is 767 g/mol. The van der Waals surface area contributed by atoms with Gasteiger partial charge in [0.2, 0.25) is 5.91 Å². The zero-order valence-corrected chi connectivity index (χ0v) is 41.8. The van der Waals surface area contributed by atoms with Crippen LogP contribution in [0.5, 0.6) is 0 Å². The maximum Gasteiger partial charge on any atom is 0.306 e. The van der Waals surface area contributed by atoms with E-state index >= 15 is 0 Å². The van der Waals surface area contributed by atoms with Crippen LogP contribution in [0.4, 0.5) is 0 Å². The molecule has 0 bridgehead atoms. The third-order valence-electron chi connectivity index (χ3n) is 12.8. The molecule has 0 saturated carbocycles. The van der Waals surface area contributed by atoms with Gasteiger partial charge in [0.1, 0.15) is 6.10 Å². The van der Waals surface area contributed by atoms with Crippen molar-refractivity contribution in [1.29, 1.82) is 0 Å². The molecule has 0 saturated heterocycles. The highest BCUT2D eigenvalue weighted by Crippen LogP contribution is 2.18. The number of carbonyl (C=O) groups is 2. The van der Waals surface area contributed by atoms with Gasteiger partial charge in [-0.15, -0.1) is 0 Å². The fraction of sp³-hybridized carbons (Fsp3) is 0.893. The third-order valence-corrected chi connectivity index (χ3v) is 12.8. The summed E-state index contributed by atoms with van der Waals surface area (Å²) in [4.78, 5) is 26.1. The SMILES string of the molecule is CCCCC/C=C\C/C=C\CCCCCCCCCCCC(=O)OC(CCCCCCCCCCC)CC(=O)NC(CO)C(O)CCCCCCCCCCCCCCCCC. The number of hydrogen-bond acceptors (Lipinski definition) is 5. The minimum Gasteiger partial charge on any atom is -0.462 e. The Morgan fingerprint density at radius 1 is 0.468 bits per heavy atom. The first-order valence-corrected chi connectivity index (χ1v) is 27.6. The van der Waals surface area contributed by atoms with Gasteiger partial charge < -0.3 is 20.3 Å². The fourth-order valence-corrected chi connectivity index (χ4v) is 8.58. The van der Waals surface area contributed by atoms with E-state index in [9.17, 15) is 19.8 Å². The van der Waals surface area contributed by atoms with Gasteiger partial charge in [0.25, 0.3) is 0 Å². The van der Waals surface area contributed by atoms with Gasteiger partial charge in [-0.2, -0.15) is 0 Å². The summed E-state index contributed by atoms with van der Waals surface area (Å²) in [5, 5.41) is 23.8. The van der Waals surface area contributed by atoms with Crippen molar-refractivity contribution < 1.29 is 24.5 Å². The van der Waals surface area contributed by atoms with E-state index in [0.29, 0.717) is 19.3 Å². The molecule has 0 fully saturated rings. The van der Waals surface area contributed by atoms with Crippen LogP contribution in [0.3, 0.4) is 0 Å². The molecule has 0 aromatic heterocycles. The lowest BCUT2D eigenvalue weighted by Crippen LogP contribution is -2.46. The van der Waals surface area contributed by atoms with E-state index in [1.54, 1.807) is 0 Å². The van der Waals surface area contributed by atoms with Crippen LogP contribution in [-0.2, 0) is 14.3 Å². The van der Waals surface area contributed by atoms with Gasteiger partial charge in [-0.1, -0.05) is 251 Å². The number of hydrogen-bond donors (Lipinski definition) is 3. The summed E-state index contributed by atoms with van der Waals surface area (Å²) >= 11 is 0. The summed E-state index contributed by atoms with van der Waals surface area (Å²) < 4.78 is 5.93. The summed E-state index contributed by atoms with van der Waals surface area (Å²) in [6.07, 6.45) is 58.2. The number of nitrogens with one attached hydrogen (secondary N) is 1. The van der Waals surface area contributed by atoms with Gasteiger partial charge in [-0.25, -0.2) is 0 Å². The Bertz CT molecular complexity index is 981. The molecule has 62 heavy (non-hydrogen) atoms. The summed E-state index contributed by atoms with van der Waals surface area (Å²) in [7, 11) is 0. The lowest BCUT2D eigenvalue weighted by atomic mass is 10.0. The number of unbranched alkanes of at least 4 members (excludes halogenated alkanes) is 34. The zero-order valence-electron chi connectivity index (χ0n) is 41.8. The third kappa shape index (κ3) is 44.9. The van der Waals surface area contributed by atoms with Crippen LogP contribution in [0.1, 0.15) is 297 Å². The van der Waals surface area contributed by atoms with Crippen molar-refractivity contribution >= 4 is 11.9 Å². The number of aliphatic hydroxyl groups excluding tert-OH is 2. The Hall–Kier alpha value is -1.66. The molecule has 3 unspecified atom stereocenters. The molecule has 3 atom stereocenters. The van der Waals surface area contributed by atoms with Gasteiger partial charge in [0, 0.05) is 6.42 Å². The Balaban J connectivity index is 4.38. The number of allylic oxidation sites excluding steroid dienone is 4. The highest BCUT2D eigenvalue weighted by molar-refractivity contribution is 5.77. The normalized spacial score (nSPS) is 13.3. The maximum atomic E-state index is 13.2. The van der Waals surface area contributed by atoms with Crippen LogP contribution in [0.2, 0.25) is 0 Å². The lowest BCUT2D eigenvalue weighted by Gasteiger charge is -2.24. The van der Waals surface area contributed by atoms with E-state index in [4.69, 9.17) is 4.74 Å². The van der Waals surface area contributed by atoms with Crippen LogP contribution in [-0.4, -0.2) is 46.9 Å². The first kappa shape index (κ1) is 60.3. The molecular formula is C56H107NO5. The summed E-state index contributed by atoms with van der Waals surface area (Å²) in [5.41, 5.74) is 0. The van der Waals surface area contributed by atoms with Crippen LogP contribution in [0.15, 0.2) is 24.3 Å².